The van der Waals surface area contributed by atoms with Crippen LogP contribution < -0.4 is 0 Å². The molecule has 1 fully saturated rings. The quantitative estimate of drug-likeness (QED) is 0.745. The summed E-state index contributed by atoms with van der Waals surface area (Å²) < 4.78 is 23.0. The zero-order chi connectivity index (χ0) is 12.4. The van der Waals surface area contributed by atoms with Gasteiger partial charge in [0, 0.05) is 25.4 Å². The topological polar surface area (TPSA) is 57.6 Å². The highest BCUT2D eigenvalue weighted by atomic mass is 32.2. The van der Waals surface area contributed by atoms with Gasteiger partial charge in [0.25, 0.3) is 0 Å². The molecule has 0 spiro atoms. The molecule has 1 heterocycles. The van der Waals surface area contributed by atoms with Crippen LogP contribution in [0.2, 0.25) is 0 Å². The van der Waals surface area contributed by atoms with E-state index in [1.807, 2.05) is 25.7 Å². The number of sulfone groups is 1. The Labute approximate surface area is 98.6 Å². The Morgan fingerprint density at radius 1 is 1.31 bits per heavy atom. The number of β-amino-alcohol motifs (C(OH)–C–C–N with tert-alkyl or cyclic N) is 1. The predicted octanol–water partition coefficient (Wildman–Crippen LogP) is 0.514. The lowest BCUT2D eigenvalue weighted by Gasteiger charge is -2.49. The molecular formula is C11H23NO3S. The van der Waals surface area contributed by atoms with Crippen molar-refractivity contribution in [3.8, 4) is 0 Å². The maximum atomic E-state index is 11.5. The second-order valence-electron chi connectivity index (χ2n) is 5.12. The van der Waals surface area contributed by atoms with Crippen molar-refractivity contribution < 1.29 is 13.5 Å². The van der Waals surface area contributed by atoms with E-state index in [1.54, 1.807) is 0 Å². The summed E-state index contributed by atoms with van der Waals surface area (Å²) >= 11 is 0. The largest absolute Gasteiger partial charge is 0.387 e. The molecule has 0 aromatic rings. The molecule has 0 aromatic heterocycles. The van der Waals surface area contributed by atoms with Crippen LogP contribution in [-0.4, -0.2) is 55.2 Å². The van der Waals surface area contributed by atoms with Crippen molar-refractivity contribution in [2.24, 2.45) is 5.92 Å². The summed E-state index contributed by atoms with van der Waals surface area (Å²) in [4.78, 5) is 2.01. The summed E-state index contributed by atoms with van der Waals surface area (Å²) in [7, 11) is -2.88. The number of likely N-dealkylation sites (tertiary alicyclic amines) is 1. The van der Waals surface area contributed by atoms with Crippen LogP contribution in [0.3, 0.4) is 0 Å². The summed E-state index contributed by atoms with van der Waals surface area (Å²) in [5.41, 5.74) is -0.603. The van der Waals surface area contributed by atoms with Gasteiger partial charge in [-0.3, -0.25) is 4.90 Å². The molecule has 1 rings (SSSR count). The van der Waals surface area contributed by atoms with Crippen molar-refractivity contribution in [3.05, 3.63) is 0 Å². The zero-order valence-electron chi connectivity index (χ0n) is 10.4. The van der Waals surface area contributed by atoms with Crippen molar-refractivity contribution >= 4 is 9.84 Å². The first-order valence-corrected chi connectivity index (χ1v) is 7.76. The van der Waals surface area contributed by atoms with Gasteiger partial charge in [0.1, 0.15) is 0 Å². The summed E-state index contributed by atoms with van der Waals surface area (Å²) in [6.07, 6.45) is 0.679. The van der Waals surface area contributed by atoms with Gasteiger partial charge in [0.15, 0.2) is 9.84 Å². The number of nitrogens with zero attached hydrogens (tertiary/aromatic N) is 1. The van der Waals surface area contributed by atoms with E-state index < -0.39 is 15.4 Å². The third kappa shape index (κ3) is 3.43. The minimum atomic E-state index is -2.88. The lowest BCUT2D eigenvalue weighted by atomic mass is 9.83. The normalized spacial score (nSPS) is 21.1. The van der Waals surface area contributed by atoms with Crippen LogP contribution in [0, 0.1) is 5.92 Å². The van der Waals surface area contributed by atoms with E-state index in [0.29, 0.717) is 26.1 Å². The Morgan fingerprint density at radius 2 is 1.88 bits per heavy atom. The second kappa shape index (κ2) is 5.02. The van der Waals surface area contributed by atoms with Gasteiger partial charge in [-0.25, -0.2) is 8.42 Å². The molecule has 0 amide bonds. The van der Waals surface area contributed by atoms with Crippen LogP contribution in [-0.2, 0) is 9.84 Å². The minimum Gasteiger partial charge on any atom is -0.387 e. The highest BCUT2D eigenvalue weighted by Crippen LogP contribution is 2.28. The molecular weight excluding hydrogens is 226 g/mol. The van der Waals surface area contributed by atoms with E-state index in [-0.39, 0.29) is 17.4 Å². The van der Waals surface area contributed by atoms with E-state index in [1.165, 1.54) is 0 Å². The van der Waals surface area contributed by atoms with Crippen LogP contribution >= 0.6 is 0 Å². The SMILES string of the molecule is CCCS(=O)(=O)CCN1CC(O)(C(C)C)C1. The van der Waals surface area contributed by atoms with Crippen molar-refractivity contribution in [1.29, 1.82) is 0 Å². The van der Waals surface area contributed by atoms with Gasteiger partial charge < -0.3 is 5.11 Å². The van der Waals surface area contributed by atoms with E-state index in [2.05, 4.69) is 0 Å². The molecule has 96 valence electrons. The maximum absolute atomic E-state index is 11.5. The predicted molar refractivity (Wildman–Crippen MR) is 65.2 cm³/mol. The monoisotopic (exact) mass is 249 g/mol. The molecule has 1 saturated heterocycles. The highest BCUT2D eigenvalue weighted by Gasteiger charge is 2.43. The third-order valence-corrected chi connectivity index (χ3v) is 5.14. The first kappa shape index (κ1) is 13.9. The zero-order valence-corrected chi connectivity index (χ0v) is 11.3. The smallest absolute Gasteiger partial charge is 0.151 e. The molecule has 0 radical (unpaired) electrons. The van der Waals surface area contributed by atoms with Gasteiger partial charge in [0.2, 0.25) is 0 Å². The lowest BCUT2D eigenvalue weighted by molar-refractivity contribution is -0.125. The number of rotatable bonds is 6. The Bertz CT molecular complexity index is 318. The fraction of sp³-hybridized carbons (Fsp3) is 1.00. The van der Waals surface area contributed by atoms with Crippen molar-refractivity contribution in [2.45, 2.75) is 32.8 Å². The molecule has 0 saturated carbocycles. The van der Waals surface area contributed by atoms with Crippen LogP contribution in [0.5, 0.6) is 0 Å². The minimum absolute atomic E-state index is 0.217. The number of hydrogen-bond acceptors (Lipinski definition) is 4. The Balaban J connectivity index is 2.29. The summed E-state index contributed by atoms with van der Waals surface area (Å²) in [5.74, 6) is 0.723. The van der Waals surface area contributed by atoms with E-state index >= 15 is 0 Å². The average molecular weight is 249 g/mol. The van der Waals surface area contributed by atoms with Gasteiger partial charge in [-0.1, -0.05) is 20.8 Å². The molecule has 4 nitrogen and oxygen atoms in total. The molecule has 1 aliphatic rings. The van der Waals surface area contributed by atoms with Gasteiger partial charge >= 0.3 is 0 Å². The first-order valence-electron chi connectivity index (χ1n) is 5.94. The van der Waals surface area contributed by atoms with Crippen LogP contribution in [0.4, 0.5) is 0 Å². The second-order valence-corrected chi connectivity index (χ2v) is 7.42. The molecule has 16 heavy (non-hydrogen) atoms. The molecule has 5 heteroatoms. The van der Waals surface area contributed by atoms with Crippen LogP contribution in [0.15, 0.2) is 0 Å². The van der Waals surface area contributed by atoms with Gasteiger partial charge in [-0.15, -0.1) is 0 Å². The van der Waals surface area contributed by atoms with Crippen LogP contribution in [0.25, 0.3) is 0 Å². The number of aliphatic hydroxyl groups is 1. The van der Waals surface area contributed by atoms with Gasteiger partial charge in [-0.2, -0.15) is 0 Å². The molecule has 0 bridgehead atoms. The molecule has 0 unspecified atom stereocenters. The average Bonchev–Trinajstić information content (AvgIpc) is 2.10. The Kier molecular flexibility index (Phi) is 4.37. The van der Waals surface area contributed by atoms with E-state index in [0.717, 1.165) is 0 Å². The summed E-state index contributed by atoms with van der Waals surface area (Å²) in [6.45, 7) is 7.62. The summed E-state index contributed by atoms with van der Waals surface area (Å²) in [6, 6.07) is 0. The fourth-order valence-corrected chi connectivity index (χ4v) is 3.30. The fourth-order valence-electron chi connectivity index (χ4n) is 1.93. The Morgan fingerprint density at radius 3 is 2.31 bits per heavy atom. The van der Waals surface area contributed by atoms with E-state index in [4.69, 9.17) is 0 Å². The highest BCUT2D eigenvalue weighted by molar-refractivity contribution is 7.91. The molecule has 0 aromatic carbocycles. The van der Waals surface area contributed by atoms with Gasteiger partial charge in [0.05, 0.1) is 11.4 Å². The standard InChI is InChI=1S/C11H23NO3S/c1-4-6-16(14,15)7-5-12-8-11(13,9-12)10(2)3/h10,13H,4-9H2,1-3H3. The first-order chi connectivity index (χ1) is 7.29. The molecule has 0 atom stereocenters. The summed E-state index contributed by atoms with van der Waals surface area (Å²) in [5, 5.41) is 10.00. The van der Waals surface area contributed by atoms with Crippen molar-refractivity contribution in [1.82, 2.24) is 4.90 Å². The van der Waals surface area contributed by atoms with Gasteiger partial charge in [-0.05, 0) is 12.3 Å². The van der Waals surface area contributed by atoms with Crippen molar-refractivity contribution in [3.63, 3.8) is 0 Å². The lowest BCUT2D eigenvalue weighted by Crippen LogP contribution is -2.65. The Hall–Kier alpha value is -0.130. The molecule has 0 aliphatic carbocycles. The third-order valence-electron chi connectivity index (χ3n) is 3.30. The van der Waals surface area contributed by atoms with E-state index in [9.17, 15) is 13.5 Å². The van der Waals surface area contributed by atoms with Crippen molar-refractivity contribution in [2.75, 3.05) is 31.1 Å². The maximum Gasteiger partial charge on any atom is 0.151 e. The molecule has 1 N–H and O–H groups in total. The number of hydrogen-bond donors (Lipinski definition) is 1. The van der Waals surface area contributed by atoms with Crippen LogP contribution in [0.1, 0.15) is 27.2 Å². The molecule has 1 aliphatic heterocycles.